The van der Waals surface area contributed by atoms with Gasteiger partial charge in [-0.3, -0.25) is 4.84 Å². The molecular formula is C7H12N2O4. The first-order valence-corrected chi connectivity index (χ1v) is 3.72. The van der Waals surface area contributed by atoms with Crippen molar-refractivity contribution in [3.05, 3.63) is 0 Å². The van der Waals surface area contributed by atoms with Gasteiger partial charge in [0, 0.05) is 7.05 Å². The highest BCUT2D eigenvalue weighted by atomic mass is 16.7. The fourth-order valence-corrected chi connectivity index (χ4v) is 0.428. The van der Waals surface area contributed by atoms with Gasteiger partial charge in [-0.15, -0.1) is 0 Å². The number of carbonyl (C=O) groups is 2. The standard InChI is InChI=1S/C7H12N2O4/c1-4-12-6(10)5(2)9-13-7(11)8-3/h4H2,1-3H3,(H,8,11). The first-order valence-electron chi connectivity index (χ1n) is 3.72. The van der Waals surface area contributed by atoms with Crippen LogP contribution in [0.5, 0.6) is 0 Å². The molecule has 0 spiro atoms. The molecule has 1 N–H and O–H groups in total. The Labute approximate surface area is 75.9 Å². The minimum absolute atomic E-state index is 0.00884. The zero-order valence-corrected chi connectivity index (χ0v) is 7.79. The van der Waals surface area contributed by atoms with Gasteiger partial charge in [0.1, 0.15) is 0 Å². The first kappa shape index (κ1) is 11.4. The van der Waals surface area contributed by atoms with E-state index in [9.17, 15) is 9.59 Å². The molecule has 0 heterocycles. The van der Waals surface area contributed by atoms with Crippen molar-refractivity contribution in [1.82, 2.24) is 5.32 Å². The summed E-state index contributed by atoms with van der Waals surface area (Å²) in [6.07, 6.45) is -0.733. The van der Waals surface area contributed by atoms with Gasteiger partial charge < -0.3 is 10.1 Å². The minimum Gasteiger partial charge on any atom is -0.461 e. The molecule has 6 nitrogen and oxygen atoms in total. The van der Waals surface area contributed by atoms with Crippen LogP contribution >= 0.6 is 0 Å². The zero-order valence-electron chi connectivity index (χ0n) is 7.79. The van der Waals surface area contributed by atoms with E-state index in [1.165, 1.54) is 14.0 Å². The Morgan fingerprint density at radius 2 is 2.08 bits per heavy atom. The van der Waals surface area contributed by atoms with E-state index in [0.29, 0.717) is 0 Å². The van der Waals surface area contributed by atoms with Gasteiger partial charge in [-0.2, -0.15) is 0 Å². The summed E-state index contributed by atoms with van der Waals surface area (Å²) in [5.74, 6) is -0.605. The largest absolute Gasteiger partial charge is 0.461 e. The first-order chi connectivity index (χ1) is 6.11. The summed E-state index contributed by atoms with van der Waals surface area (Å²) >= 11 is 0. The summed E-state index contributed by atoms with van der Waals surface area (Å²) < 4.78 is 4.59. The molecule has 0 aromatic rings. The molecule has 0 unspecified atom stereocenters. The lowest BCUT2D eigenvalue weighted by molar-refractivity contribution is -0.135. The fourth-order valence-electron chi connectivity index (χ4n) is 0.428. The highest BCUT2D eigenvalue weighted by Crippen LogP contribution is 1.86. The van der Waals surface area contributed by atoms with Gasteiger partial charge >= 0.3 is 12.1 Å². The smallest absolute Gasteiger partial charge is 0.433 e. The number of esters is 1. The number of hydrogen-bond donors (Lipinski definition) is 1. The van der Waals surface area contributed by atoms with Gasteiger partial charge in [-0.1, -0.05) is 5.16 Å². The number of oxime groups is 1. The van der Waals surface area contributed by atoms with Crippen molar-refractivity contribution < 1.29 is 19.2 Å². The summed E-state index contributed by atoms with van der Waals surface area (Å²) in [5.41, 5.74) is -0.00884. The van der Waals surface area contributed by atoms with E-state index in [2.05, 4.69) is 20.0 Å². The Bertz CT molecular complexity index is 225. The van der Waals surface area contributed by atoms with Crippen LogP contribution in [0.25, 0.3) is 0 Å². The van der Waals surface area contributed by atoms with Crippen LogP contribution in [0.15, 0.2) is 5.16 Å². The monoisotopic (exact) mass is 188 g/mol. The van der Waals surface area contributed by atoms with Gasteiger partial charge in [0.25, 0.3) is 0 Å². The van der Waals surface area contributed by atoms with Gasteiger partial charge in [0.2, 0.25) is 0 Å². The molecule has 13 heavy (non-hydrogen) atoms. The number of rotatable bonds is 3. The second-order valence-corrected chi connectivity index (χ2v) is 2.03. The Kier molecular flexibility index (Phi) is 5.25. The maximum absolute atomic E-state index is 10.9. The van der Waals surface area contributed by atoms with Crippen molar-refractivity contribution >= 4 is 17.8 Å². The fraction of sp³-hybridized carbons (Fsp3) is 0.571. The van der Waals surface area contributed by atoms with Crippen LogP contribution in [-0.2, 0) is 14.4 Å². The molecule has 0 saturated carbocycles. The number of nitrogens with zero attached hydrogens (tertiary/aromatic N) is 1. The molecule has 0 fully saturated rings. The SMILES string of the molecule is CCOC(=O)C(C)=NOC(=O)NC. The molecule has 0 aliphatic rings. The van der Waals surface area contributed by atoms with E-state index in [-0.39, 0.29) is 12.3 Å². The Balaban J connectivity index is 4.01. The minimum atomic E-state index is -0.733. The highest BCUT2D eigenvalue weighted by Gasteiger charge is 2.07. The average Bonchev–Trinajstić information content (AvgIpc) is 2.13. The highest BCUT2D eigenvalue weighted by molar-refractivity contribution is 6.35. The second-order valence-electron chi connectivity index (χ2n) is 2.03. The molecular weight excluding hydrogens is 176 g/mol. The summed E-state index contributed by atoms with van der Waals surface area (Å²) in [4.78, 5) is 25.6. The van der Waals surface area contributed by atoms with Crippen LogP contribution in [0.4, 0.5) is 4.79 Å². The molecule has 0 radical (unpaired) electrons. The molecule has 0 aliphatic carbocycles. The lowest BCUT2D eigenvalue weighted by Gasteiger charge is -1.99. The predicted octanol–water partition coefficient (Wildman–Crippen LogP) is 0.281. The molecule has 0 atom stereocenters. The predicted molar refractivity (Wildman–Crippen MR) is 45.3 cm³/mol. The van der Waals surface area contributed by atoms with E-state index in [1.807, 2.05) is 0 Å². The van der Waals surface area contributed by atoms with Crippen LogP contribution in [-0.4, -0.2) is 31.4 Å². The second kappa shape index (κ2) is 5.99. The van der Waals surface area contributed by atoms with Crippen molar-refractivity contribution in [2.75, 3.05) is 13.7 Å². The third kappa shape index (κ3) is 4.78. The van der Waals surface area contributed by atoms with Gasteiger partial charge in [-0.25, -0.2) is 9.59 Å². The van der Waals surface area contributed by atoms with Crippen LogP contribution < -0.4 is 5.32 Å². The number of hydrogen-bond acceptors (Lipinski definition) is 5. The molecule has 6 heteroatoms. The Morgan fingerprint density at radius 1 is 1.46 bits per heavy atom. The van der Waals surface area contributed by atoms with Crippen LogP contribution in [0.1, 0.15) is 13.8 Å². The normalized spacial score (nSPS) is 10.5. The summed E-state index contributed by atoms with van der Waals surface area (Å²) in [6, 6.07) is 0. The number of nitrogens with one attached hydrogen (secondary N) is 1. The number of amides is 1. The third-order valence-corrected chi connectivity index (χ3v) is 1.04. The van der Waals surface area contributed by atoms with Crippen molar-refractivity contribution in [3.8, 4) is 0 Å². The number of ether oxygens (including phenoxy) is 1. The van der Waals surface area contributed by atoms with Gasteiger partial charge in [0.15, 0.2) is 5.71 Å². The Hall–Kier alpha value is -1.59. The Morgan fingerprint density at radius 3 is 2.54 bits per heavy atom. The van der Waals surface area contributed by atoms with Gasteiger partial charge in [-0.05, 0) is 13.8 Å². The van der Waals surface area contributed by atoms with Crippen LogP contribution in [0.2, 0.25) is 0 Å². The van der Waals surface area contributed by atoms with E-state index < -0.39 is 12.1 Å². The third-order valence-electron chi connectivity index (χ3n) is 1.04. The van der Waals surface area contributed by atoms with Gasteiger partial charge in [0.05, 0.1) is 6.61 Å². The zero-order chi connectivity index (χ0) is 10.3. The van der Waals surface area contributed by atoms with E-state index in [1.54, 1.807) is 6.92 Å². The average molecular weight is 188 g/mol. The van der Waals surface area contributed by atoms with Crippen LogP contribution in [0, 0.1) is 0 Å². The van der Waals surface area contributed by atoms with E-state index in [4.69, 9.17) is 0 Å². The maximum Gasteiger partial charge on any atom is 0.433 e. The summed E-state index contributed by atoms with van der Waals surface area (Å²) in [5, 5.41) is 5.41. The lowest BCUT2D eigenvalue weighted by Crippen LogP contribution is -2.20. The molecule has 0 bridgehead atoms. The topological polar surface area (TPSA) is 77.0 Å². The molecule has 1 amide bonds. The van der Waals surface area contributed by atoms with Crippen molar-refractivity contribution in [3.63, 3.8) is 0 Å². The van der Waals surface area contributed by atoms with Crippen molar-refractivity contribution in [2.45, 2.75) is 13.8 Å². The quantitative estimate of drug-likeness (QED) is 0.298. The number of carbonyl (C=O) groups excluding carboxylic acids is 2. The van der Waals surface area contributed by atoms with Crippen molar-refractivity contribution in [2.24, 2.45) is 5.16 Å². The molecule has 0 saturated heterocycles. The van der Waals surface area contributed by atoms with E-state index >= 15 is 0 Å². The van der Waals surface area contributed by atoms with Crippen molar-refractivity contribution in [1.29, 1.82) is 0 Å². The molecule has 0 rings (SSSR count). The molecule has 0 aliphatic heterocycles. The molecule has 0 aromatic carbocycles. The summed E-state index contributed by atoms with van der Waals surface area (Å²) in [6.45, 7) is 3.32. The lowest BCUT2D eigenvalue weighted by atomic mass is 10.4. The summed E-state index contributed by atoms with van der Waals surface area (Å²) in [7, 11) is 1.39. The van der Waals surface area contributed by atoms with E-state index in [0.717, 1.165) is 0 Å². The van der Waals surface area contributed by atoms with Crippen LogP contribution in [0.3, 0.4) is 0 Å². The molecule has 0 aromatic heterocycles. The molecule has 74 valence electrons. The maximum atomic E-state index is 10.9.